The highest BCUT2D eigenvalue weighted by Crippen LogP contribution is 2.31. The minimum absolute atomic E-state index is 0.840. The first-order valence-electron chi connectivity index (χ1n) is 6.76. The van der Waals surface area contributed by atoms with Crippen molar-refractivity contribution < 1.29 is 0 Å². The van der Waals surface area contributed by atoms with Crippen LogP contribution in [-0.2, 0) is 13.0 Å². The van der Waals surface area contributed by atoms with Crippen molar-refractivity contribution in [2.24, 2.45) is 0 Å². The Kier molecular flexibility index (Phi) is 2.63. The highest BCUT2D eigenvalue weighted by Gasteiger charge is 2.19. The van der Waals surface area contributed by atoms with E-state index in [4.69, 9.17) is 5.73 Å². The van der Waals surface area contributed by atoms with Crippen LogP contribution in [0.1, 0.15) is 11.1 Å². The van der Waals surface area contributed by atoms with Crippen LogP contribution in [0.2, 0.25) is 0 Å². The lowest BCUT2D eigenvalue weighted by molar-refractivity contribution is 0.724. The molecule has 3 heterocycles. The molecule has 20 heavy (non-hydrogen) atoms. The summed E-state index contributed by atoms with van der Waals surface area (Å²) < 4.78 is 1.30. The molecular weight excluding hydrogens is 266 g/mol. The Bertz CT molecular complexity index is 778. The largest absolute Gasteiger partial charge is 0.399 e. The molecule has 100 valence electrons. The lowest BCUT2D eigenvalue weighted by Gasteiger charge is -2.30. The second-order valence-corrected chi connectivity index (χ2v) is 6.11. The van der Waals surface area contributed by atoms with Gasteiger partial charge in [0.1, 0.15) is 5.82 Å². The number of nitrogen functional groups attached to an aromatic ring is 1. The van der Waals surface area contributed by atoms with Gasteiger partial charge in [0.2, 0.25) is 0 Å². The van der Waals surface area contributed by atoms with Crippen LogP contribution in [0.15, 0.2) is 41.9 Å². The SMILES string of the molecule is Nc1ccc2c(c1)CN(c1nccc3sccc13)CC2. The number of benzene rings is 1. The number of anilines is 2. The van der Waals surface area contributed by atoms with Crippen LogP contribution in [0.3, 0.4) is 0 Å². The number of thiophene rings is 1. The van der Waals surface area contributed by atoms with Crippen molar-refractivity contribution in [3.8, 4) is 0 Å². The molecule has 1 aliphatic rings. The number of hydrogen-bond donors (Lipinski definition) is 1. The van der Waals surface area contributed by atoms with E-state index >= 15 is 0 Å². The molecule has 3 aromatic rings. The minimum Gasteiger partial charge on any atom is -0.399 e. The van der Waals surface area contributed by atoms with Crippen molar-refractivity contribution in [3.63, 3.8) is 0 Å². The molecule has 1 aromatic carbocycles. The Morgan fingerprint density at radius 3 is 3.05 bits per heavy atom. The Labute approximate surface area is 121 Å². The van der Waals surface area contributed by atoms with Gasteiger partial charge in [-0.2, -0.15) is 0 Å². The van der Waals surface area contributed by atoms with Crippen molar-refractivity contribution in [1.82, 2.24) is 4.98 Å². The Balaban J connectivity index is 1.76. The molecule has 2 aromatic heterocycles. The summed E-state index contributed by atoms with van der Waals surface area (Å²) >= 11 is 1.77. The number of nitrogens with zero attached hydrogens (tertiary/aromatic N) is 2. The lowest BCUT2D eigenvalue weighted by atomic mass is 9.99. The van der Waals surface area contributed by atoms with Crippen molar-refractivity contribution in [1.29, 1.82) is 0 Å². The van der Waals surface area contributed by atoms with Gasteiger partial charge in [-0.25, -0.2) is 4.98 Å². The van der Waals surface area contributed by atoms with Gasteiger partial charge in [-0.05, 0) is 47.2 Å². The van der Waals surface area contributed by atoms with Gasteiger partial charge < -0.3 is 10.6 Å². The van der Waals surface area contributed by atoms with Crippen LogP contribution < -0.4 is 10.6 Å². The molecule has 0 atom stereocenters. The number of rotatable bonds is 1. The molecular formula is C16H15N3S. The third-order valence-electron chi connectivity index (χ3n) is 3.90. The fourth-order valence-electron chi connectivity index (χ4n) is 2.89. The van der Waals surface area contributed by atoms with E-state index in [2.05, 4.69) is 39.5 Å². The molecule has 4 rings (SSSR count). The highest BCUT2D eigenvalue weighted by atomic mass is 32.1. The maximum atomic E-state index is 5.91. The van der Waals surface area contributed by atoms with Crippen LogP contribution in [-0.4, -0.2) is 11.5 Å². The number of aromatic nitrogens is 1. The Morgan fingerprint density at radius 1 is 1.15 bits per heavy atom. The second-order valence-electron chi connectivity index (χ2n) is 5.17. The van der Waals surface area contributed by atoms with Crippen LogP contribution in [0, 0.1) is 0 Å². The third kappa shape index (κ3) is 1.84. The second kappa shape index (κ2) is 4.49. The Hall–Kier alpha value is -2.07. The number of nitrogens with two attached hydrogens (primary N) is 1. The van der Waals surface area contributed by atoms with Crippen LogP contribution in [0.4, 0.5) is 11.5 Å². The maximum Gasteiger partial charge on any atom is 0.137 e. The van der Waals surface area contributed by atoms with E-state index in [0.717, 1.165) is 31.0 Å². The van der Waals surface area contributed by atoms with Gasteiger partial charge in [0.25, 0.3) is 0 Å². The predicted octanol–water partition coefficient (Wildman–Crippen LogP) is 3.44. The maximum absolute atomic E-state index is 5.91. The average molecular weight is 281 g/mol. The zero-order valence-corrected chi connectivity index (χ0v) is 11.9. The van der Waals surface area contributed by atoms with Gasteiger partial charge in [0.05, 0.1) is 0 Å². The van der Waals surface area contributed by atoms with E-state index in [1.807, 2.05) is 12.3 Å². The number of pyridine rings is 1. The fraction of sp³-hybridized carbons (Fsp3) is 0.188. The average Bonchev–Trinajstić information content (AvgIpc) is 2.94. The smallest absolute Gasteiger partial charge is 0.137 e. The molecule has 0 spiro atoms. The highest BCUT2D eigenvalue weighted by molar-refractivity contribution is 7.17. The zero-order valence-electron chi connectivity index (χ0n) is 11.0. The third-order valence-corrected chi connectivity index (χ3v) is 4.78. The molecule has 0 fully saturated rings. The van der Waals surface area contributed by atoms with Crippen molar-refractivity contribution in [2.75, 3.05) is 17.2 Å². The van der Waals surface area contributed by atoms with Crippen molar-refractivity contribution in [2.45, 2.75) is 13.0 Å². The number of fused-ring (bicyclic) bond motifs is 2. The molecule has 0 radical (unpaired) electrons. The Morgan fingerprint density at radius 2 is 2.10 bits per heavy atom. The van der Waals surface area contributed by atoms with E-state index in [0.29, 0.717) is 0 Å². The minimum atomic E-state index is 0.840. The van der Waals surface area contributed by atoms with Gasteiger partial charge in [-0.1, -0.05) is 6.07 Å². The van der Waals surface area contributed by atoms with Gasteiger partial charge >= 0.3 is 0 Å². The molecule has 0 amide bonds. The van der Waals surface area contributed by atoms with Crippen LogP contribution in [0.25, 0.3) is 10.1 Å². The monoisotopic (exact) mass is 281 g/mol. The first-order valence-corrected chi connectivity index (χ1v) is 7.64. The summed E-state index contributed by atoms with van der Waals surface area (Å²) in [5.41, 5.74) is 9.48. The van der Waals surface area contributed by atoms with Gasteiger partial charge in [0.15, 0.2) is 0 Å². The molecule has 3 nitrogen and oxygen atoms in total. The predicted molar refractivity (Wildman–Crippen MR) is 85.2 cm³/mol. The quantitative estimate of drug-likeness (QED) is 0.695. The summed E-state index contributed by atoms with van der Waals surface area (Å²) in [6.45, 7) is 1.90. The summed E-state index contributed by atoms with van der Waals surface area (Å²) in [6.07, 6.45) is 2.96. The summed E-state index contributed by atoms with van der Waals surface area (Å²) in [5.74, 6) is 1.09. The van der Waals surface area contributed by atoms with Gasteiger partial charge in [-0.15, -0.1) is 11.3 Å². The molecule has 0 bridgehead atoms. The molecule has 0 aliphatic carbocycles. The molecule has 0 unspecified atom stereocenters. The van der Waals surface area contributed by atoms with E-state index in [-0.39, 0.29) is 0 Å². The normalized spacial score (nSPS) is 14.5. The first kappa shape index (κ1) is 11.7. The van der Waals surface area contributed by atoms with Gasteiger partial charge in [0, 0.05) is 35.1 Å². The summed E-state index contributed by atoms with van der Waals surface area (Å²) in [6, 6.07) is 10.5. The standard InChI is InChI=1S/C16H15N3S/c17-13-2-1-11-4-7-19(10-12(11)9-13)16-14-5-8-20-15(14)3-6-18-16/h1-3,5-6,8-9H,4,7,10,17H2. The van der Waals surface area contributed by atoms with Crippen LogP contribution >= 0.6 is 11.3 Å². The molecule has 0 saturated carbocycles. The summed E-state index contributed by atoms with van der Waals surface area (Å²) in [7, 11) is 0. The number of hydrogen-bond acceptors (Lipinski definition) is 4. The lowest BCUT2D eigenvalue weighted by Crippen LogP contribution is -2.31. The molecule has 2 N–H and O–H groups in total. The zero-order chi connectivity index (χ0) is 13.5. The van der Waals surface area contributed by atoms with E-state index in [1.54, 1.807) is 11.3 Å². The van der Waals surface area contributed by atoms with E-state index in [9.17, 15) is 0 Å². The first-order chi connectivity index (χ1) is 9.81. The van der Waals surface area contributed by atoms with Crippen molar-refractivity contribution in [3.05, 3.63) is 53.0 Å². The van der Waals surface area contributed by atoms with Crippen LogP contribution in [0.5, 0.6) is 0 Å². The summed E-state index contributed by atoms with van der Waals surface area (Å²) in [4.78, 5) is 6.96. The topological polar surface area (TPSA) is 42.1 Å². The van der Waals surface area contributed by atoms with Crippen molar-refractivity contribution >= 4 is 32.9 Å². The van der Waals surface area contributed by atoms with E-state index in [1.165, 1.54) is 21.2 Å². The molecule has 1 aliphatic heterocycles. The summed E-state index contributed by atoms with van der Waals surface area (Å²) in [5, 5.41) is 3.39. The van der Waals surface area contributed by atoms with E-state index < -0.39 is 0 Å². The molecule has 4 heteroatoms. The fourth-order valence-corrected chi connectivity index (χ4v) is 3.67. The molecule has 0 saturated heterocycles. The van der Waals surface area contributed by atoms with Gasteiger partial charge in [-0.3, -0.25) is 0 Å².